The molecule has 0 aromatic carbocycles. The lowest BCUT2D eigenvalue weighted by Gasteiger charge is -2.37. The molecule has 0 aliphatic heterocycles. The Morgan fingerprint density at radius 1 is 1.32 bits per heavy atom. The summed E-state index contributed by atoms with van der Waals surface area (Å²) in [5, 5.41) is 3.13. The molecule has 0 bridgehead atoms. The minimum absolute atomic E-state index is 0.609. The second-order valence-corrected chi connectivity index (χ2v) is 5.57. The smallest absolute Gasteiger partial charge is 0.134 e. The highest BCUT2D eigenvalue weighted by Gasteiger charge is 2.26. The van der Waals surface area contributed by atoms with Crippen molar-refractivity contribution in [3.63, 3.8) is 0 Å². The maximum absolute atomic E-state index is 4.68. The van der Waals surface area contributed by atoms with Crippen molar-refractivity contribution in [1.29, 1.82) is 0 Å². The lowest BCUT2D eigenvalue weighted by molar-refractivity contribution is 0.320. The van der Waals surface area contributed by atoms with Gasteiger partial charge in [-0.1, -0.05) is 26.7 Å². The zero-order chi connectivity index (χ0) is 13.8. The van der Waals surface area contributed by atoms with Gasteiger partial charge in [0.15, 0.2) is 0 Å². The number of anilines is 2. The summed E-state index contributed by atoms with van der Waals surface area (Å²) in [6.07, 6.45) is 6.19. The molecule has 1 aliphatic carbocycles. The first-order valence-electron chi connectivity index (χ1n) is 7.44. The lowest BCUT2D eigenvalue weighted by atomic mass is 9.85. The van der Waals surface area contributed by atoms with E-state index in [1.165, 1.54) is 25.7 Å². The molecule has 0 spiro atoms. The van der Waals surface area contributed by atoms with Crippen molar-refractivity contribution in [3.05, 3.63) is 11.9 Å². The molecule has 1 aromatic rings. The Balaban J connectivity index is 2.24. The van der Waals surface area contributed by atoms with E-state index in [2.05, 4.69) is 47.1 Å². The van der Waals surface area contributed by atoms with Gasteiger partial charge in [0.25, 0.3) is 0 Å². The summed E-state index contributed by atoms with van der Waals surface area (Å²) in [4.78, 5) is 11.5. The molecule has 1 saturated carbocycles. The first-order valence-corrected chi connectivity index (χ1v) is 7.44. The van der Waals surface area contributed by atoms with E-state index in [1.807, 2.05) is 7.05 Å². The molecule has 2 atom stereocenters. The van der Waals surface area contributed by atoms with Crippen molar-refractivity contribution >= 4 is 11.6 Å². The van der Waals surface area contributed by atoms with Gasteiger partial charge in [-0.05, 0) is 18.8 Å². The molecule has 0 amide bonds. The molecule has 106 valence electrons. The largest absolute Gasteiger partial charge is 0.373 e. The van der Waals surface area contributed by atoms with Crippen LogP contribution in [-0.2, 0) is 6.42 Å². The van der Waals surface area contributed by atoms with Crippen LogP contribution in [0.15, 0.2) is 6.07 Å². The van der Waals surface area contributed by atoms with Gasteiger partial charge in [-0.25, -0.2) is 9.97 Å². The zero-order valence-corrected chi connectivity index (χ0v) is 12.6. The predicted molar refractivity (Wildman–Crippen MR) is 80.8 cm³/mol. The third kappa shape index (κ3) is 3.17. The molecule has 2 unspecified atom stereocenters. The van der Waals surface area contributed by atoms with Gasteiger partial charge in [-0.3, -0.25) is 0 Å². The average Bonchev–Trinajstić information content (AvgIpc) is 2.46. The summed E-state index contributed by atoms with van der Waals surface area (Å²) in [5.74, 6) is 3.63. The zero-order valence-electron chi connectivity index (χ0n) is 12.6. The number of hydrogen-bond donors (Lipinski definition) is 1. The average molecular weight is 262 g/mol. The fraction of sp³-hybridized carbons (Fsp3) is 0.733. The van der Waals surface area contributed by atoms with E-state index in [4.69, 9.17) is 0 Å². The molecule has 0 saturated heterocycles. The van der Waals surface area contributed by atoms with Crippen LogP contribution < -0.4 is 10.2 Å². The van der Waals surface area contributed by atoms with E-state index < -0.39 is 0 Å². The van der Waals surface area contributed by atoms with Gasteiger partial charge < -0.3 is 10.2 Å². The normalized spacial score (nSPS) is 23.2. The molecule has 4 nitrogen and oxygen atoms in total. The quantitative estimate of drug-likeness (QED) is 0.905. The molecule has 1 heterocycles. The van der Waals surface area contributed by atoms with Gasteiger partial charge >= 0.3 is 0 Å². The summed E-state index contributed by atoms with van der Waals surface area (Å²) in [7, 11) is 4.09. The van der Waals surface area contributed by atoms with Crippen molar-refractivity contribution < 1.29 is 0 Å². The number of rotatable bonds is 4. The summed E-state index contributed by atoms with van der Waals surface area (Å²) >= 11 is 0. The number of aryl methyl sites for hydroxylation is 1. The standard InChI is InChI=1S/C15H26N4/c1-5-13-17-14(16-3)10-15(18-13)19(4)12-9-7-6-8-11(12)2/h10-12H,5-9H2,1-4H3,(H,16,17,18). The van der Waals surface area contributed by atoms with Crippen LogP contribution in [0.4, 0.5) is 11.6 Å². The molecular weight excluding hydrogens is 236 g/mol. The van der Waals surface area contributed by atoms with Crippen molar-refractivity contribution in [2.75, 3.05) is 24.3 Å². The van der Waals surface area contributed by atoms with Crippen molar-refractivity contribution in [2.45, 2.75) is 52.0 Å². The van der Waals surface area contributed by atoms with Crippen LogP contribution in [-0.4, -0.2) is 30.1 Å². The van der Waals surface area contributed by atoms with E-state index in [0.29, 0.717) is 6.04 Å². The van der Waals surface area contributed by atoms with Crippen molar-refractivity contribution in [1.82, 2.24) is 9.97 Å². The minimum atomic E-state index is 0.609. The Hall–Kier alpha value is -1.32. The molecule has 1 aromatic heterocycles. The van der Waals surface area contributed by atoms with E-state index >= 15 is 0 Å². The second-order valence-electron chi connectivity index (χ2n) is 5.57. The highest BCUT2D eigenvalue weighted by Crippen LogP contribution is 2.30. The van der Waals surface area contributed by atoms with Gasteiger partial charge in [0.1, 0.15) is 17.5 Å². The highest BCUT2D eigenvalue weighted by molar-refractivity contribution is 5.49. The monoisotopic (exact) mass is 262 g/mol. The fourth-order valence-corrected chi connectivity index (χ4v) is 2.99. The second kappa shape index (κ2) is 6.22. The number of nitrogens with one attached hydrogen (secondary N) is 1. The van der Waals surface area contributed by atoms with Gasteiger partial charge in [-0.2, -0.15) is 0 Å². The summed E-state index contributed by atoms with van der Waals surface area (Å²) in [6, 6.07) is 2.67. The van der Waals surface area contributed by atoms with Crippen LogP contribution in [0.2, 0.25) is 0 Å². The summed E-state index contributed by atoms with van der Waals surface area (Å²) in [6.45, 7) is 4.46. The van der Waals surface area contributed by atoms with E-state index in [1.54, 1.807) is 0 Å². The number of hydrogen-bond acceptors (Lipinski definition) is 4. The summed E-state index contributed by atoms with van der Waals surface area (Å²) in [5.41, 5.74) is 0. The minimum Gasteiger partial charge on any atom is -0.373 e. The lowest BCUT2D eigenvalue weighted by Crippen LogP contribution is -2.39. The Labute approximate surface area is 116 Å². The SMILES string of the molecule is CCc1nc(NC)cc(N(C)C2CCCCC2C)n1. The third-order valence-electron chi connectivity index (χ3n) is 4.26. The van der Waals surface area contributed by atoms with Gasteiger partial charge in [0.05, 0.1) is 0 Å². The highest BCUT2D eigenvalue weighted by atomic mass is 15.2. The van der Waals surface area contributed by atoms with Crippen molar-refractivity contribution in [3.8, 4) is 0 Å². The number of aromatic nitrogens is 2. The topological polar surface area (TPSA) is 41.1 Å². The molecule has 4 heteroatoms. The molecule has 0 radical (unpaired) electrons. The van der Waals surface area contributed by atoms with Crippen LogP contribution in [0, 0.1) is 5.92 Å². The molecule has 1 aliphatic rings. The first-order chi connectivity index (χ1) is 9.15. The van der Waals surface area contributed by atoms with Crippen LogP contribution >= 0.6 is 0 Å². The number of nitrogens with zero attached hydrogens (tertiary/aromatic N) is 3. The maximum atomic E-state index is 4.68. The van der Waals surface area contributed by atoms with Crippen LogP contribution in [0.3, 0.4) is 0 Å². The molecular formula is C15H26N4. The van der Waals surface area contributed by atoms with E-state index in [-0.39, 0.29) is 0 Å². The van der Waals surface area contributed by atoms with Gasteiger partial charge in [0.2, 0.25) is 0 Å². The Bertz CT molecular complexity index is 396. The molecule has 1 N–H and O–H groups in total. The third-order valence-corrected chi connectivity index (χ3v) is 4.26. The Morgan fingerprint density at radius 2 is 2.05 bits per heavy atom. The van der Waals surface area contributed by atoms with Crippen molar-refractivity contribution in [2.24, 2.45) is 5.92 Å². The molecule has 19 heavy (non-hydrogen) atoms. The van der Waals surface area contributed by atoms with Gasteiger partial charge in [-0.15, -0.1) is 0 Å². The van der Waals surface area contributed by atoms with Gasteiger partial charge in [0, 0.05) is 32.6 Å². The van der Waals surface area contributed by atoms with Crippen LogP contribution in [0.1, 0.15) is 45.4 Å². The first kappa shape index (κ1) is 14.1. The summed E-state index contributed by atoms with van der Waals surface area (Å²) < 4.78 is 0. The molecule has 1 fully saturated rings. The Morgan fingerprint density at radius 3 is 2.68 bits per heavy atom. The Kier molecular flexibility index (Phi) is 4.61. The maximum Gasteiger partial charge on any atom is 0.134 e. The predicted octanol–water partition coefficient (Wildman–Crippen LogP) is 3.10. The molecule has 2 rings (SSSR count). The van der Waals surface area contributed by atoms with Crippen LogP contribution in [0.25, 0.3) is 0 Å². The van der Waals surface area contributed by atoms with E-state index in [9.17, 15) is 0 Å². The van der Waals surface area contributed by atoms with E-state index in [0.717, 1.165) is 29.8 Å². The van der Waals surface area contributed by atoms with Crippen LogP contribution in [0.5, 0.6) is 0 Å². The fourth-order valence-electron chi connectivity index (χ4n) is 2.99.